The van der Waals surface area contributed by atoms with Crippen LogP contribution in [-0.2, 0) is 10.1 Å². The van der Waals surface area contributed by atoms with Crippen LogP contribution in [0.2, 0.25) is 0 Å². The number of benzene rings is 1. The molecule has 0 atom stereocenters. The molecule has 0 fully saturated rings. The van der Waals surface area contributed by atoms with Crippen molar-refractivity contribution >= 4 is 32.8 Å². The molecule has 3 aromatic rings. The van der Waals surface area contributed by atoms with Gasteiger partial charge in [-0.2, -0.15) is 8.42 Å². The molecule has 0 aliphatic heterocycles. The predicted octanol–water partition coefficient (Wildman–Crippen LogP) is 4.52. The summed E-state index contributed by atoms with van der Waals surface area (Å²) < 4.78 is 27.2. The average molecular weight is 375 g/mol. The monoisotopic (exact) mass is 374 g/mol. The third-order valence-corrected chi connectivity index (χ3v) is 5.69. The molecule has 1 aromatic carbocycles. The lowest BCUT2D eigenvalue weighted by Gasteiger charge is -2.02. The van der Waals surface area contributed by atoms with Gasteiger partial charge in [0.2, 0.25) is 0 Å². The van der Waals surface area contributed by atoms with E-state index in [-0.39, 0.29) is 5.75 Å². The molecule has 122 valence electrons. The van der Waals surface area contributed by atoms with Crippen LogP contribution in [0.15, 0.2) is 48.5 Å². The second kappa shape index (κ2) is 6.81. The Kier molecular flexibility index (Phi) is 4.76. The highest BCUT2D eigenvalue weighted by molar-refractivity contribution is 7.86. The van der Waals surface area contributed by atoms with Crippen LogP contribution >= 0.6 is 22.7 Å². The van der Waals surface area contributed by atoms with Crippen LogP contribution in [0.25, 0.3) is 9.75 Å². The van der Waals surface area contributed by atoms with Gasteiger partial charge in [-0.25, -0.2) is 0 Å². The van der Waals surface area contributed by atoms with Gasteiger partial charge in [-0.05, 0) is 49.4 Å². The van der Waals surface area contributed by atoms with E-state index in [2.05, 4.69) is 37.0 Å². The molecular formula is C18H14O3S3. The summed E-state index contributed by atoms with van der Waals surface area (Å²) in [5.41, 5.74) is 0.707. The molecule has 0 N–H and O–H groups in total. The highest BCUT2D eigenvalue weighted by Gasteiger charge is 2.05. The first-order valence-corrected chi connectivity index (χ1v) is 10.5. The number of hydrogen-bond donors (Lipinski definition) is 0. The molecule has 3 rings (SSSR count). The lowest BCUT2D eigenvalue weighted by molar-refractivity contribution is 0.493. The van der Waals surface area contributed by atoms with Crippen LogP contribution in [0.1, 0.15) is 15.3 Å². The Labute approximate surface area is 149 Å². The van der Waals surface area contributed by atoms with Crippen LogP contribution in [-0.4, -0.2) is 14.7 Å². The minimum absolute atomic E-state index is 0.269. The molecule has 0 saturated carbocycles. The predicted molar refractivity (Wildman–Crippen MR) is 100 cm³/mol. The van der Waals surface area contributed by atoms with Crippen molar-refractivity contribution in [1.82, 2.24) is 0 Å². The van der Waals surface area contributed by atoms with Gasteiger partial charge >= 0.3 is 10.1 Å². The van der Waals surface area contributed by atoms with E-state index < -0.39 is 10.1 Å². The van der Waals surface area contributed by atoms with Gasteiger partial charge in [0.15, 0.2) is 0 Å². The lowest BCUT2D eigenvalue weighted by atomic mass is 10.2. The quantitative estimate of drug-likeness (QED) is 0.500. The smallest absolute Gasteiger partial charge is 0.306 e. The lowest BCUT2D eigenvalue weighted by Crippen LogP contribution is -2.05. The van der Waals surface area contributed by atoms with Crippen molar-refractivity contribution in [2.45, 2.75) is 6.92 Å². The van der Waals surface area contributed by atoms with Crippen LogP contribution < -0.4 is 4.18 Å². The Morgan fingerprint density at radius 2 is 1.71 bits per heavy atom. The molecular weight excluding hydrogens is 360 g/mol. The van der Waals surface area contributed by atoms with Gasteiger partial charge in [0.25, 0.3) is 0 Å². The SMILES string of the molecule is Cc1ccc(-c2ccc(C#Cc3cccc(OS(C)(=O)=O)c3)s2)s1. The summed E-state index contributed by atoms with van der Waals surface area (Å²) in [4.78, 5) is 4.69. The van der Waals surface area contributed by atoms with E-state index in [1.807, 2.05) is 12.1 Å². The van der Waals surface area contributed by atoms with Gasteiger partial charge < -0.3 is 4.18 Å². The van der Waals surface area contributed by atoms with Crippen LogP contribution in [0.4, 0.5) is 0 Å². The molecule has 0 saturated heterocycles. The minimum atomic E-state index is -3.53. The maximum absolute atomic E-state index is 11.2. The van der Waals surface area contributed by atoms with Crippen LogP contribution in [0.3, 0.4) is 0 Å². The van der Waals surface area contributed by atoms with Crippen molar-refractivity contribution in [2.75, 3.05) is 6.26 Å². The molecule has 24 heavy (non-hydrogen) atoms. The fourth-order valence-electron chi connectivity index (χ4n) is 2.04. The molecule has 0 aliphatic carbocycles. The second-order valence-electron chi connectivity index (χ2n) is 5.14. The fourth-order valence-corrected chi connectivity index (χ4v) is 4.31. The van der Waals surface area contributed by atoms with E-state index in [1.165, 1.54) is 14.6 Å². The number of thiophene rings is 2. The first-order valence-electron chi connectivity index (χ1n) is 7.07. The van der Waals surface area contributed by atoms with E-state index in [4.69, 9.17) is 4.18 Å². The van der Waals surface area contributed by atoms with Crippen molar-refractivity contribution in [1.29, 1.82) is 0 Å². The molecule has 0 spiro atoms. The van der Waals surface area contributed by atoms with E-state index in [1.54, 1.807) is 40.9 Å². The molecule has 3 nitrogen and oxygen atoms in total. The van der Waals surface area contributed by atoms with Crippen LogP contribution in [0.5, 0.6) is 5.75 Å². The van der Waals surface area contributed by atoms with Gasteiger partial charge in [0.1, 0.15) is 5.75 Å². The van der Waals surface area contributed by atoms with Gasteiger partial charge in [-0.15, -0.1) is 22.7 Å². The third-order valence-electron chi connectivity index (χ3n) is 3.00. The van der Waals surface area contributed by atoms with Crippen molar-refractivity contribution in [3.8, 4) is 27.3 Å². The molecule has 0 radical (unpaired) electrons. The van der Waals surface area contributed by atoms with Crippen molar-refractivity contribution in [2.24, 2.45) is 0 Å². The van der Waals surface area contributed by atoms with Gasteiger partial charge in [-0.1, -0.05) is 17.9 Å². The fraction of sp³-hybridized carbons (Fsp3) is 0.111. The Balaban J connectivity index is 1.80. The Bertz CT molecular complexity index is 1030. The summed E-state index contributed by atoms with van der Waals surface area (Å²) in [6, 6.07) is 15.0. The molecule has 2 heterocycles. The maximum Gasteiger partial charge on any atom is 0.306 e. The first kappa shape index (κ1) is 16.8. The first-order chi connectivity index (χ1) is 11.4. The standard InChI is InChI=1S/C18H14O3S3/c1-13-6-10-17(22-13)18-11-9-16(23-18)8-7-14-4-3-5-15(12-14)21-24(2,19)20/h3-6,9-12H,1-2H3. The van der Waals surface area contributed by atoms with Crippen LogP contribution in [0, 0.1) is 18.8 Å². The van der Waals surface area contributed by atoms with Gasteiger partial charge in [0, 0.05) is 20.2 Å². The molecule has 2 aromatic heterocycles. The topological polar surface area (TPSA) is 43.4 Å². The highest BCUT2D eigenvalue weighted by Crippen LogP contribution is 2.33. The summed E-state index contributed by atoms with van der Waals surface area (Å²) in [5, 5.41) is 0. The zero-order valence-corrected chi connectivity index (χ0v) is 15.5. The number of rotatable bonds is 3. The largest absolute Gasteiger partial charge is 0.383 e. The molecule has 0 aliphatic rings. The Morgan fingerprint density at radius 1 is 0.958 bits per heavy atom. The average Bonchev–Trinajstić information content (AvgIpc) is 3.12. The summed E-state index contributed by atoms with van der Waals surface area (Å²) in [7, 11) is -3.53. The number of hydrogen-bond acceptors (Lipinski definition) is 5. The number of aryl methyl sites for hydroxylation is 1. The minimum Gasteiger partial charge on any atom is -0.383 e. The summed E-state index contributed by atoms with van der Waals surface area (Å²) in [6.07, 6.45) is 1.02. The van der Waals surface area contributed by atoms with Crippen molar-refractivity contribution < 1.29 is 12.6 Å². The second-order valence-corrected chi connectivity index (χ2v) is 9.09. The zero-order chi connectivity index (χ0) is 17.2. The molecule has 0 unspecified atom stereocenters. The summed E-state index contributed by atoms with van der Waals surface area (Å²) in [6.45, 7) is 2.09. The van der Waals surface area contributed by atoms with Gasteiger partial charge in [0.05, 0.1) is 11.1 Å². The third kappa shape index (κ3) is 4.48. The van der Waals surface area contributed by atoms with Crippen molar-refractivity contribution in [3.05, 3.63) is 63.8 Å². The zero-order valence-electron chi connectivity index (χ0n) is 13.1. The van der Waals surface area contributed by atoms with Gasteiger partial charge in [-0.3, -0.25) is 0 Å². The Morgan fingerprint density at radius 3 is 2.42 bits per heavy atom. The van der Waals surface area contributed by atoms with E-state index in [0.29, 0.717) is 5.56 Å². The summed E-state index contributed by atoms with van der Waals surface area (Å²) >= 11 is 3.41. The van der Waals surface area contributed by atoms with E-state index in [9.17, 15) is 8.42 Å². The van der Waals surface area contributed by atoms with E-state index in [0.717, 1.165) is 11.1 Å². The molecule has 0 amide bonds. The molecule has 0 bridgehead atoms. The maximum atomic E-state index is 11.2. The highest BCUT2D eigenvalue weighted by atomic mass is 32.2. The van der Waals surface area contributed by atoms with E-state index >= 15 is 0 Å². The Hall–Kier alpha value is -2.07. The normalized spacial score (nSPS) is 10.9. The van der Waals surface area contributed by atoms with Crippen molar-refractivity contribution in [3.63, 3.8) is 0 Å². The summed E-state index contributed by atoms with van der Waals surface area (Å²) in [5.74, 6) is 6.43. The molecule has 6 heteroatoms.